The van der Waals surface area contributed by atoms with Gasteiger partial charge in [0.25, 0.3) is 0 Å². The van der Waals surface area contributed by atoms with Crippen molar-refractivity contribution in [3.63, 3.8) is 0 Å². The Morgan fingerprint density at radius 3 is 2.28 bits per heavy atom. The minimum atomic E-state index is -1.14. The topological polar surface area (TPSA) is 102 Å². The fraction of sp³-hybridized carbons (Fsp3) is 0.483. The van der Waals surface area contributed by atoms with Crippen molar-refractivity contribution < 1.29 is 29.0 Å². The van der Waals surface area contributed by atoms with Crippen molar-refractivity contribution >= 4 is 17.8 Å². The molecule has 0 spiro atoms. The number of amides is 1. The molecule has 2 N–H and O–H groups in total. The molecule has 1 amide bonds. The molecule has 194 valence electrons. The number of aryl methyl sites for hydroxylation is 2. The van der Waals surface area contributed by atoms with Gasteiger partial charge in [-0.15, -0.1) is 0 Å². The SMILES string of the molecule is Cc1cccc(-c2ccc(CCC[C@@H](C(=O)N[C@H](C(=O)O)C(C)(C)C)[C@@H]3OC(C)(C)OC3=O)cc2)c1. The maximum atomic E-state index is 13.3. The molecule has 1 aliphatic rings. The highest BCUT2D eigenvalue weighted by molar-refractivity contribution is 5.90. The first-order chi connectivity index (χ1) is 16.8. The molecule has 1 heterocycles. The lowest BCUT2D eigenvalue weighted by Crippen LogP contribution is -2.52. The van der Waals surface area contributed by atoms with Gasteiger partial charge in [-0.2, -0.15) is 0 Å². The third-order valence-electron chi connectivity index (χ3n) is 6.38. The second-order valence-corrected chi connectivity index (χ2v) is 11.1. The minimum absolute atomic E-state index is 0.345. The quantitative estimate of drug-likeness (QED) is 0.480. The second kappa shape index (κ2) is 10.8. The zero-order chi connectivity index (χ0) is 26.7. The molecule has 3 rings (SSSR count). The van der Waals surface area contributed by atoms with Crippen LogP contribution in [0.15, 0.2) is 48.5 Å². The molecule has 0 radical (unpaired) electrons. The van der Waals surface area contributed by atoms with E-state index in [1.807, 2.05) is 6.07 Å². The van der Waals surface area contributed by atoms with E-state index in [-0.39, 0.29) is 0 Å². The number of rotatable bonds is 9. The van der Waals surface area contributed by atoms with Crippen molar-refractivity contribution in [2.24, 2.45) is 11.3 Å². The van der Waals surface area contributed by atoms with Crippen LogP contribution in [0.2, 0.25) is 0 Å². The highest BCUT2D eigenvalue weighted by Gasteiger charge is 2.48. The normalized spacial score (nSPS) is 18.8. The van der Waals surface area contributed by atoms with E-state index < -0.39 is 47.1 Å². The van der Waals surface area contributed by atoms with E-state index in [1.165, 1.54) is 5.56 Å². The number of aliphatic carboxylic acids is 1. The number of hydrogen-bond donors (Lipinski definition) is 2. The van der Waals surface area contributed by atoms with Gasteiger partial charge in [-0.05, 0) is 48.3 Å². The van der Waals surface area contributed by atoms with E-state index in [4.69, 9.17) is 9.47 Å². The molecular weight excluding hydrogens is 458 g/mol. The van der Waals surface area contributed by atoms with Gasteiger partial charge >= 0.3 is 11.9 Å². The summed E-state index contributed by atoms with van der Waals surface area (Å²) in [6.45, 7) is 10.5. The molecule has 0 bridgehead atoms. The number of nitrogens with one attached hydrogen (secondary N) is 1. The van der Waals surface area contributed by atoms with Gasteiger partial charge in [0, 0.05) is 13.8 Å². The van der Waals surface area contributed by atoms with Gasteiger partial charge in [0.05, 0.1) is 5.92 Å². The maximum absolute atomic E-state index is 13.3. The molecule has 3 atom stereocenters. The summed E-state index contributed by atoms with van der Waals surface area (Å²) >= 11 is 0. The molecular formula is C29H37NO6. The van der Waals surface area contributed by atoms with Crippen LogP contribution in [0.25, 0.3) is 11.1 Å². The Kier molecular flexibility index (Phi) is 8.24. The number of carboxylic acid groups (broad SMARTS) is 1. The first-order valence-corrected chi connectivity index (χ1v) is 12.4. The number of esters is 1. The zero-order valence-electron chi connectivity index (χ0n) is 22.0. The molecule has 0 unspecified atom stereocenters. The predicted molar refractivity (Wildman–Crippen MR) is 137 cm³/mol. The van der Waals surface area contributed by atoms with Crippen LogP contribution in [0.5, 0.6) is 0 Å². The highest BCUT2D eigenvalue weighted by Crippen LogP contribution is 2.31. The number of carbonyl (C=O) groups excluding carboxylic acids is 2. The second-order valence-electron chi connectivity index (χ2n) is 11.1. The van der Waals surface area contributed by atoms with Gasteiger partial charge < -0.3 is 19.9 Å². The molecule has 1 saturated heterocycles. The molecule has 2 aromatic rings. The summed E-state index contributed by atoms with van der Waals surface area (Å²) in [6.07, 6.45) is 0.573. The van der Waals surface area contributed by atoms with Gasteiger partial charge in [0.1, 0.15) is 6.04 Å². The molecule has 0 aliphatic carbocycles. The largest absolute Gasteiger partial charge is 0.480 e. The number of hydrogen-bond acceptors (Lipinski definition) is 5. The summed E-state index contributed by atoms with van der Waals surface area (Å²) in [6, 6.07) is 15.5. The van der Waals surface area contributed by atoms with E-state index in [0.29, 0.717) is 19.3 Å². The van der Waals surface area contributed by atoms with E-state index in [1.54, 1.807) is 34.6 Å². The van der Waals surface area contributed by atoms with Crippen LogP contribution in [0.4, 0.5) is 0 Å². The number of carbonyl (C=O) groups is 3. The average Bonchev–Trinajstić information content (AvgIpc) is 3.06. The van der Waals surface area contributed by atoms with Crippen LogP contribution in [-0.2, 0) is 30.3 Å². The van der Waals surface area contributed by atoms with Crippen LogP contribution in [0.1, 0.15) is 58.6 Å². The molecule has 1 aliphatic heterocycles. The Hall–Kier alpha value is -3.19. The van der Waals surface area contributed by atoms with E-state index >= 15 is 0 Å². The Balaban J connectivity index is 1.71. The Morgan fingerprint density at radius 2 is 1.75 bits per heavy atom. The third-order valence-corrected chi connectivity index (χ3v) is 6.38. The van der Waals surface area contributed by atoms with Crippen molar-refractivity contribution in [2.45, 2.75) is 78.7 Å². The van der Waals surface area contributed by atoms with Crippen LogP contribution in [0.3, 0.4) is 0 Å². The first kappa shape index (κ1) is 27.4. The smallest absolute Gasteiger partial charge is 0.338 e. The minimum Gasteiger partial charge on any atom is -0.480 e. The average molecular weight is 496 g/mol. The lowest BCUT2D eigenvalue weighted by atomic mass is 9.85. The van der Waals surface area contributed by atoms with Gasteiger partial charge in [0.15, 0.2) is 6.10 Å². The molecule has 0 saturated carbocycles. The lowest BCUT2D eigenvalue weighted by Gasteiger charge is -2.30. The molecule has 7 nitrogen and oxygen atoms in total. The molecule has 36 heavy (non-hydrogen) atoms. The Bertz CT molecular complexity index is 1100. The summed E-state index contributed by atoms with van der Waals surface area (Å²) in [5, 5.41) is 12.3. The molecule has 7 heteroatoms. The number of ether oxygens (including phenoxy) is 2. The van der Waals surface area contributed by atoms with Crippen LogP contribution in [0, 0.1) is 18.3 Å². The van der Waals surface area contributed by atoms with E-state index in [9.17, 15) is 19.5 Å². The monoisotopic (exact) mass is 495 g/mol. The first-order valence-electron chi connectivity index (χ1n) is 12.4. The fourth-order valence-electron chi connectivity index (χ4n) is 4.46. The molecule has 1 fully saturated rings. The van der Waals surface area contributed by atoms with Crippen molar-refractivity contribution in [1.29, 1.82) is 0 Å². The number of cyclic esters (lactones) is 1. The van der Waals surface area contributed by atoms with Crippen molar-refractivity contribution in [1.82, 2.24) is 5.32 Å². The van der Waals surface area contributed by atoms with Crippen LogP contribution < -0.4 is 5.32 Å². The summed E-state index contributed by atoms with van der Waals surface area (Å²) in [5.74, 6) is -4.26. The summed E-state index contributed by atoms with van der Waals surface area (Å²) < 4.78 is 11.1. The Labute approximate surface area is 213 Å². The summed E-state index contributed by atoms with van der Waals surface area (Å²) in [4.78, 5) is 37.6. The van der Waals surface area contributed by atoms with E-state index in [2.05, 4.69) is 54.7 Å². The number of carboxylic acids is 1. The summed E-state index contributed by atoms with van der Waals surface area (Å²) in [5.41, 5.74) is 3.89. The van der Waals surface area contributed by atoms with Gasteiger partial charge in [-0.3, -0.25) is 4.79 Å². The van der Waals surface area contributed by atoms with Gasteiger partial charge in [-0.25, -0.2) is 9.59 Å². The van der Waals surface area contributed by atoms with Crippen molar-refractivity contribution in [2.75, 3.05) is 0 Å². The summed E-state index contributed by atoms with van der Waals surface area (Å²) in [7, 11) is 0. The lowest BCUT2D eigenvalue weighted by molar-refractivity contribution is -0.162. The predicted octanol–water partition coefficient (Wildman–Crippen LogP) is 4.89. The van der Waals surface area contributed by atoms with Crippen LogP contribution >= 0.6 is 0 Å². The van der Waals surface area contributed by atoms with Crippen molar-refractivity contribution in [3.05, 3.63) is 59.7 Å². The number of benzene rings is 2. The van der Waals surface area contributed by atoms with Gasteiger partial charge in [-0.1, -0.05) is 74.9 Å². The van der Waals surface area contributed by atoms with Crippen molar-refractivity contribution in [3.8, 4) is 11.1 Å². The standard InChI is InChI=1S/C29H37NO6/c1-18-9-7-11-21(17-18)20-15-13-19(14-16-20)10-8-12-22(23-27(34)36-29(5,6)35-23)25(31)30-24(26(32)33)28(2,3)4/h7,9,11,13-17,22-24H,8,10,12H2,1-6H3,(H,30,31)(H,32,33)/t22-,23+,24-/m1/s1. The Morgan fingerprint density at radius 1 is 1.08 bits per heavy atom. The van der Waals surface area contributed by atoms with Crippen LogP contribution in [-0.4, -0.2) is 40.9 Å². The van der Waals surface area contributed by atoms with Gasteiger partial charge in [0.2, 0.25) is 11.7 Å². The molecule has 2 aromatic carbocycles. The van der Waals surface area contributed by atoms with E-state index in [0.717, 1.165) is 16.7 Å². The third kappa shape index (κ3) is 6.94. The zero-order valence-corrected chi connectivity index (χ0v) is 22.0. The maximum Gasteiger partial charge on any atom is 0.338 e. The fourth-order valence-corrected chi connectivity index (χ4v) is 4.46. The molecule has 0 aromatic heterocycles. The highest BCUT2D eigenvalue weighted by atomic mass is 16.8.